The second-order valence-corrected chi connectivity index (χ2v) is 7.69. The molecule has 0 radical (unpaired) electrons. The summed E-state index contributed by atoms with van der Waals surface area (Å²) in [6.07, 6.45) is 0.908. The van der Waals surface area contributed by atoms with Crippen molar-refractivity contribution in [1.29, 1.82) is 0 Å². The molecule has 4 aromatic rings. The van der Waals surface area contributed by atoms with E-state index in [0.29, 0.717) is 28.9 Å². The van der Waals surface area contributed by atoms with E-state index in [9.17, 15) is 4.79 Å². The van der Waals surface area contributed by atoms with Crippen LogP contribution in [0.2, 0.25) is 5.02 Å². The largest absolute Gasteiger partial charge is 0.419 e. The van der Waals surface area contributed by atoms with Gasteiger partial charge in [-0.3, -0.25) is 9.69 Å². The summed E-state index contributed by atoms with van der Waals surface area (Å²) >= 11 is 6.23. The van der Waals surface area contributed by atoms with Crippen LogP contribution >= 0.6 is 11.6 Å². The summed E-state index contributed by atoms with van der Waals surface area (Å²) in [6, 6.07) is 15.2. The molecule has 0 fully saturated rings. The number of aromatic nitrogens is 3. The Hall–Kier alpha value is -2.96. The summed E-state index contributed by atoms with van der Waals surface area (Å²) in [5.41, 5.74) is 3.30. The van der Waals surface area contributed by atoms with E-state index in [4.69, 9.17) is 16.0 Å². The molecule has 4 rings (SSSR count). The third kappa shape index (κ3) is 4.15. The van der Waals surface area contributed by atoms with Gasteiger partial charge in [0, 0.05) is 22.2 Å². The Morgan fingerprint density at radius 3 is 2.70 bits per heavy atom. The molecular formula is C23H23ClN4O2. The SMILES string of the molecule is CCCN(CC(=O)c1c(C)[nH]c2ccccc12)Cc1nnc(-c2ccccc2Cl)o1. The number of nitrogens with one attached hydrogen (secondary N) is 1. The van der Waals surface area contributed by atoms with Crippen molar-refractivity contribution >= 4 is 28.3 Å². The fourth-order valence-electron chi connectivity index (χ4n) is 3.70. The number of hydrogen-bond acceptors (Lipinski definition) is 5. The smallest absolute Gasteiger partial charge is 0.249 e. The number of carbonyl (C=O) groups is 1. The standard InChI is InChI=1S/C23H23ClN4O2/c1-3-12-28(13-20(29)22-15(2)25-19-11-7-5-9-17(19)22)14-21-26-27-23(30-21)16-8-4-6-10-18(16)24/h4-11,25H,3,12-14H2,1-2H3. The Kier molecular flexibility index (Phi) is 5.97. The average Bonchev–Trinajstić information content (AvgIpc) is 3.31. The van der Waals surface area contributed by atoms with Crippen LogP contribution in [0.15, 0.2) is 52.9 Å². The van der Waals surface area contributed by atoms with Crippen molar-refractivity contribution in [2.24, 2.45) is 0 Å². The number of halogens is 1. The van der Waals surface area contributed by atoms with Gasteiger partial charge in [-0.2, -0.15) is 0 Å². The van der Waals surface area contributed by atoms with Gasteiger partial charge in [0.1, 0.15) is 0 Å². The molecule has 2 heterocycles. The first kappa shape index (κ1) is 20.3. The second kappa shape index (κ2) is 8.81. The van der Waals surface area contributed by atoms with Gasteiger partial charge in [-0.25, -0.2) is 0 Å². The Morgan fingerprint density at radius 1 is 1.13 bits per heavy atom. The van der Waals surface area contributed by atoms with Crippen molar-refractivity contribution in [3.8, 4) is 11.5 Å². The number of Topliss-reactive ketones (excluding diaryl/α,β-unsaturated/α-hetero) is 1. The fraction of sp³-hybridized carbons (Fsp3) is 0.261. The van der Waals surface area contributed by atoms with Crippen LogP contribution in [-0.4, -0.2) is 39.0 Å². The number of fused-ring (bicyclic) bond motifs is 1. The minimum atomic E-state index is 0.0734. The normalized spacial score (nSPS) is 11.5. The van der Waals surface area contributed by atoms with E-state index >= 15 is 0 Å². The number of ketones is 1. The maximum absolute atomic E-state index is 13.1. The average molecular weight is 423 g/mol. The van der Waals surface area contributed by atoms with Crippen LogP contribution in [0.3, 0.4) is 0 Å². The molecule has 0 aliphatic carbocycles. The first-order chi connectivity index (χ1) is 14.6. The van der Waals surface area contributed by atoms with E-state index in [2.05, 4.69) is 22.1 Å². The van der Waals surface area contributed by atoms with Crippen LogP contribution in [0.25, 0.3) is 22.4 Å². The van der Waals surface area contributed by atoms with Crippen molar-refractivity contribution in [2.75, 3.05) is 13.1 Å². The molecule has 0 unspecified atom stereocenters. The molecule has 0 aliphatic rings. The van der Waals surface area contributed by atoms with Crippen molar-refractivity contribution in [2.45, 2.75) is 26.8 Å². The van der Waals surface area contributed by atoms with Gasteiger partial charge in [0.2, 0.25) is 11.8 Å². The molecule has 0 saturated carbocycles. The van der Waals surface area contributed by atoms with E-state index in [1.165, 1.54) is 0 Å². The highest BCUT2D eigenvalue weighted by atomic mass is 35.5. The van der Waals surface area contributed by atoms with Crippen LogP contribution < -0.4 is 0 Å². The molecule has 1 N–H and O–H groups in total. The number of carbonyl (C=O) groups excluding carboxylic acids is 1. The summed E-state index contributed by atoms with van der Waals surface area (Å²) < 4.78 is 5.83. The molecular weight excluding hydrogens is 400 g/mol. The first-order valence-electron chi connectivity index (χ1n) is 9.97. The maximum Gasteiger partial charge on any atom is 0.249 e. The molecule has 0 aliphatic heterocycles. The van der Waals surface area contributed by atoms with Gasteiger partial charge in [-0.15, -0.1) is 10.2 Å². The van der Waals surface area contributed by atoms with Crippen LogP contribution in [-0.2, 0) is 6.54 Å². The zero-order valence-electron chi connectivity index (χ0n) is 17.0. The van der Waals surface area contributed by atoms with Gasteiger partial charge in [0.05, 0.1) is 23.7 Å². The lowest BCUT2D eigenvalue weighted by Crippen LogP contribution is -2.30. The quantitative estimate of drug-likeness (QED) is 0.391. The van der Waals surface area contributed by atoms with Crippen molar-refractivity contribution in [3.63, 3.8) is 0 Å². The number of rotatable bonds is 8. The maximum atomic E-state index is 13.1. The molecule has 0 atom stereocenters. The van der Waals surface area contributed by atoms with E-state index in [1.807, 2.05) is 54.3 Å². The van der Waals surface area contributed by atoms with Gasteiger partial charge in [0.15, 0.2) is 5.78 Å². The van der Waals surface area contributed by atoms with Gasteiger partial charge >= 0.3 is 0 Å². The zero-order valence-corrected chi connectivity index (χ0v) is 17.7. The lowest BCUT2D eigenvalue weighted by atomic mass is 10.1. The topological polar surface area (TPSA) is 75.0 Å². The predicted molar refractivity (Wildman–Crippen MR) is 118 cm³/mol. The highest BCUT2D eigenvalue weighted by Gasteiger charge is 2.20. The highest BCUT2D eigenvalue weighted by molar-refractivity contribution is 6.33. The molecule has 154 valence electrons. The van der Waals surface area contributed by atoms with Gasteiger partial charge < -0.3 is 9.40 Å². The van der Waals surface area contributed by atoms with Crippen molar-refractivity contribution in [1.82, 2.24) is 20.1 Å². The zero-order chi connectivity index (χ0) is 21.1. The Labute approximate surface area is 179 Å². The molecule has 6 nitrogen and oxygen atoms in total. The van der Waals surface area contributed by atoms with Crippen molar-refractivity contribution < 1.29 is 9.21 Å². The summed E-state index contributed by atoms with van der Waals surface area (Å²) in [5.74, 6) is 0.914. The molecule has 7 heteroatoms. The number of H-pyrrole nitrogens is 1. The van der Waals surface area contributed by atoms with Crippen LogP contribution in [0.4, 0.5) is 0 Å². The first-order valence-corrected chi connectivity index (χ1v) is 10.3. The highest BCUT2D eigenvalue weighted by Crippen LogP contribution is 2.27. The molecule has 2 aromatic heterocycles. The second-order valence-electron chi connectivity index (χ2n) is 7.29. The fourth-order valence-corrected chi connectivity index (χ4v) is 3.92. The lowest BCUT2D eigenvalue weighted by molar-refractivity contribution is 0.0920. The van der Waals surface area contributed by atoms with Gasteiger partial charge in [0.25, 0.3) is 0 Å². The summed E-state index contributed by atoms with van der Waals surface area (Å²) in [4.78, 5) is 18.5. The molecule has 0 saturated heterocycles. The monoisotopic (exact) mass is 422 g/mol. The van der Waals surface area contributed by atoms with E-state index < -0.39 is 0 Å². The number of aryl methyl sites for hydroxylation is 1. The van der Waals surface area contributed by atoms with Crippen LogP contribution in [0.5, 0.6) is 0 Å². The summed E-state index contributed by atoms with van der Waals surface area (Å²) in [5, 5.41) is 9.80. The van der Waals surface area contributed by atoms with E-state index in [-0.39, 0.29) is 12.3 Å². The number of benzene rings is 2. The summed E-state index contributed by atoms with van der Waals surface area (Å²) in [6.45, 7) is 5.44. The molecule has 2 aromatic carbocycles. The van der Waals surface area contributed by atoms with Crippen molar-refractivity contribution in [3.05, 3.63) is 70.7 Å². The summed E-state index contributed by atoms with van der Waals surface area (Å²) in [7, 11) is 0. The molecule has 30 heavy (non-hydrogen) atoms. The lowest BCUT2D eigenvalue weighted by Gasteiger charge is -2.19. The van der Waals surface area contributed by atoms with E-state index in [1.54, 1.807) is 6.07 Å². The Balaban J connectivity index is 1.53. The van der Waals surface area contributed by atoms with E-state index in [0.717, 1.165) is 35.1 Å². The minimum Gasteiger partial charge on any atom is -0.419 e. The van der Waals surface area contributed by atoms with Gasteiger partial charge in [-0.1, -0.05) is 48.9 Å². The molecule has 0 bridgehead atoms. The van der Waals surface area contributed by atoms with Crippen LogP contribution in [0.1, 0.15) is 35.3 Å². The third-order valence-electron chi connectivity index (χ3n) is 5.01. The number of hydrogen-bond donors (Lipinski definition) is 1. The predicted octanol–water partition coefficient (Wildman–Crippen LogP) is 5.27. The molecule has 0 amide bonds. The van der Waals surface area contributed by atoms with Gasteiger partial charge in [-0.05, 0) is 38.1 Å². The number of nitrogens with zero attached hydrogens (tertiary/aromatic N) is 3. The third-order valence-corrected chi connectivity index (χ3v) is 5.34. The number of para-hydroxylation sites is 1. The Morgan fingerprint density at radius 2 is 1.90 bits per heavy atom. The Bertz CT molecular complexity index is 1180. The molecule has 0 spiro atoms. The van der Waals surface area contributed by atoms with Crippen LogP contribution in [0, 0.1) is 6.92 Å². The number of aromatic amines is 1. The minimum absolute atomic E-state index is 0.0734.